The molecule has 0 aliphatic carbocycles. The summed E-state index contributed by atoms with van der Waals surface area (Å²) in [5.74, 6) is 1.78. The zero-order valence-corrected chi connectivity index (χ0v) is 13.8. The molecule has 0 amide bonds. The molecule has 0 spiro atoms. The van der Waals surface area contributed by atoms with Crippen LogP contribution in [0.1, 0.15) is 54.7 Å². The summed E-state index contributed by atoms with van der Waals surface area (Å²) in [6, 6.07) is 9.00. The third kappa shape index (κ3) is 1.83. The number of hydrogen-bond acceptors (Lipinski definition) is 2. The maximum absolute atomic E-state index is 12.9. The lowest BCUT2D eigenvalue weighted by molar-refractivity contribution is 0.0413. The van der Waals surface area contributed by atoms with E-state index in [0.29, 0.717) is 24.3 Å². The van der Waals surface area contributed by atoms with Crippen molar-refractivity contribution < 1.29 is 4.79 Å². The smallest absolute Gasteiger partial charge is 0.231 e. The van der Waals surface area contributed by atoms with E-state index >= 15 is 0 Å². The summed E-state index contributed by atoms with van der Waals surface area (Å²) in [7, 11) is 0. The predicted octanol–water partition coefficient (Wildman–Crippen LogP) is 4.02. The molecule has 1 aromatic heterocycles. The van der Waals surface area contributed by atoms with E-state index in [2.05, 4.69) is 40.7 Å². The topological polar surface area (TPSA) is 25.2 Å². The molecule has 4 heterocycles. The number of aromatic nitrogens is 1. The Morgan fingerprint density at radius 1 is 1.22 bits per heavy atom. The van der Waals surface area contributed by atoms with Gasteiger partial charge in [-0.25, -0.2) is 0 Å². The van der Waals surface area contributed by atoms with Gasteiger partial charge in [-0.3, -0.25) is 14.3 Å². The average Bonchev–Trinajstić information content (AvgIpc) is 2.85. The number of carbonyl (C=O) groups excluding carboxylic acids is 1. The van der Waals surface area contributed by atoms with E-state index in [1.807, 2.05) is 0 Å². The molecule has 1 aromatic carbocycles. The number of benzene rings is 1. The number of carbonyl (C=O) groups is 1. The molecule has 3 nitrogen and oxygen atoms in total. The summed E-state index contributed by atoms with van der Waals surface area (Å²) in [5.41, 5.74) is 3.94. The van der Waals surface area contributed by atoms with Crippen LogP contribution in [0.3, 0.4) is 0 Å². The zero-order chi connectivity index (χ0) is 15.6. The Kier molecular flexibility index (Phi) is 2.96. The fourth-order valence-electron chi connectivity index (χ4n) is 5.42. The van der Waals surface area contributed by atoms with Crippen LogP contribution in [-0.4, -0.2) is 28.5 Å². The van der Waals surface area contributed by atoms with Crippen LogP contribution in [0.5, 0.6) is 0 Å². The number of rotatable bonds is 1. The van der Waals surface area contributed by atoms with Gasteiger partial charge in [0.05, 0.1) is 11.6 Å². The van der Waals surface area contributed by atoms with E-state index in [9.17, 15) is 4.79 Å². The minimum Gasteiger partial charge on any atom is -0.294 e. The quantitative estimate of drug-likeness (QED) is 0.795. The molecule has 120 valence electrons. The van der Waals surface area contributed by atoms with Crippen LogP contribution in [0.4, 0.5) is 0 Å². The molecule has 0 saturated carbocycles. The molecule has 1 saturated heterocycles. The van der Waals surface area contributed by atoms with Gasteiger partial charge in [-0.2, -0.15) is 0 Å². The van der Waals surface area contributed by atoms with Gasteiger partial charge < -0.3 is 0 Å². The fraction of sp³-hybridized carbons (Fsp3) is 0.550. The molecular weight excluding hydrogens is 284 g/mol. The van der Waals surface area contributed by atoms with Gasteiger partial charge in [0.25, 0.3) is 0 Å². The van der Waals surface area contributed by atoms with E-state index in [1.54, 1.807) is 0 Å². The summed E-state index contributed by atoms with van der Waals surface area (Å²) in [6.45, 7) is 4.69. The minimum absolute atomic E-state index is 0.312. The summed E-state index contributed by atoms with van der Waals surface area (Å²) in [5, 5.41) is 1.31. The number of nitrogens with zero attached hydrogens (tertiary/aromatic N) is 2. The second-order valence-electron chi connectivity index (χ2n) is 7.61. The average molecular weight is 308 g/mol. The maximum atomic E-state index is 12.9. The molecule has 0 radical (unpaired) electrons. The molecule has 0 N–H and O–H groups in total. The fourth-order valence-corrected chi connectivity index (χ4v) is 5.42. The normalized spacial score (nSPS) is 30.3. The summed E-state index contributed by atoms with van der Waals surface area (Å²) in [4.78, 5) is 15.6. The van der Waals surface area contributed by atoms with E-state index in [-0.39, 0.29) is 0 Å². The van der Waals surface area contributed by atoms with Gasteiger partial charge in [0.15, 0.2) is 0 Å². The summed E-state index contributed by atoms with van der Waals surface area (Å²) < 4.78 is 2.09. The van der Waals surface area contributed by atoms with Gasteiger partial charge >= 0.3 is 0 Å². The standard InChI is InChI=1S/C20H24N2O/c1-2-13-11-14-7-8-18(23)22-17-6-4-3-5-15(17)16-9-10-21(12-13)19(14)20(16)22/h3-6,13-14,19H,2,7-12H2,1H3/t13-,14+,19-/m1/s1. The van der Waals surface area contributed by atoms with E-state index < -0.39 is 0 Å². The van der Waals surface area contributed by atoms with Crippen molar-refractivity contribution in [3.05, 3.63) is 35.5 Å². The van der Waals surface area contributed by atoms with E-state index in [0.717, 1.165) is 30.8 Å². The van der Waals surface area contributed by atoms with Crippen molar-refractivity contribution in [2.45, 2.75) is 45.1 Å². The number of fused-ring (bicyclic) bond motifs is 3. The van der Waals surface area contributed by atoms with Gasteiger partial charge in [0.2, 0.25) is 5.91 Å². The van der Waals surface area contributed by atoms with Crippen LogP contribution in [-0.2, 0) is 6.42 Å². The Hall–Kier alpha value is -1.61. The van der Waals surface area contributed by atoms with Crippen LogP contribution in [0.15, 0.2) is 24.3 Å². The molecule has 23 heavy (non-hydrogen) atoms. The van der Waals surface area contributed by atoms with Gasteiger partial charge in [-0.1, -0.05) is 31.5 Å². The SMILES string of the molecule is CC[C@@H]1C[C@@H]2CCC(=O)n3c4c(c5ccccc53)CCN(C1)[C@@H]42. The molecule has 3 aliphatic rings. The molecule has 3 heteroatoms. The Bertz CT molecular complexity index is 790. The van der Waals surface area contributed by atoms with Crippen molar-refractivity contribution in [3.8, 4) is 0 Å². The van der Waals surface area contributed by atoms with Gasteiger partial charge in [0.1, 0.15) is 0 Å². The van der Waals surface area contributed by atoms with Crippen molar-refractivity contribution in [2.24, 2.45) is 11.8 Å². The first-order chi connectivity index (χ1) is 11.3. The van der Waals surface area contributed by atoms with Crippen LogP contribution < -0.4 is 0 Å². The Balaban J connectivity index is 1.76. The first-order valence-corrected chi connectivity index (χ1v) is 9.17. The third-order valence-corrected chi connectivity index (χ3v) is 6.47. The van der Waals surface area contributed by atoms with Crippen LogP contribution in [0.2, 0.25) is 0 Å². The molecule has 0 unspecified atom stereocenters. The largest absolute Gasteiger partial charge is 0.294 e. The first kappa shape index (κ1) is 13.8. The van der Waals surface area contributed by atoms with E-state index in [1.165, 1.54) is 36.0 Å². The highest BCUT2D eigenvalue weighted by molar-refractivity contribution is 5.96. The van der Waals surface area contributed by atoms with Crippen molar-refractivity contribution in [1.82, 2.24) is 9.47 Å². The lowest BCUT2D eigenvalue weighted by atomic mass is 9.76. The zero-order valence-electron chi connectivity index (χ0n) is 13.8. The lowest BCUT2D eigenvalue weighted by Gasteiger charge is -2.46. The molecule has 3 atom stereocenters. The monoisotopic (exact) mass is 308 g/mol. The first-order valence-electron chi connectivity index (χ1n) is 9.17. The Labute approximate surface area is 137 Å². The van der Waals surface area contributed by atoms with Gasteiger partial charge in [-0.05, 0) is 42.7 Å². The van der Waals surface area contributed by atoms with E-state index in [4.69, 9.17) is 0 Å². The van der Waals surface area contributed by atoms with Crippen LogP contribution in [0, 0.1) is 11.8 Å². The van der Waals surface area contributed by atoms with Crippen molar-refractivity contribution >= 4 is 16.8 Å². The van der Waals surface area contributed by atoms with Crippen LogP contribution >= 0.6 is 0 Å². The van der Waals surface area contributed by atoms with Gasteiger partial charge in [0, 0.05) is 30.6 Å². The predicted molar refractivity (Wildman–Crippen MR) is 91.7 cm³/mol. The maximum Gasteiger partial charge on any atom is 0.231 e. The van der Waals surface area contributed by atoms with Crippen LogP contribution in [0.25, 0.3) is 10.9 Å². The molecule has 3 aliphatic heterocycles. The number of hydrogen-bond donors (Lipinski definition) is 0. The number of para-hydroxylation sites is 1. The highest BCUT2D eigenvalue weighted by Gasteiger charge is 2.44. The molecule has 5 rings (SSSR count). The van der Waals surface area contributed by atoms with Crippen molar-refractivity contribution in [1.29, 1.82) is 0 Å². The Morgan fingerprint density at radius 3 is 2.96 bits per heavy atom. The molecule has 0 bridgehead atoms. The molecular formula is C20H24N2O. The summed E-state index contributed by atoms with van der Waals surface area (Å²) >= 11 is 0. The number of piperidine rings is 1. The van der Waals surface area contributed by atoms with Crippen molar-refractivity contribution in [3.63, 3.8) is 0 Å². The minimum atomic E-state index is 0.312. The molecule has 1 fully saturated rings. The van der Waals surface area contributed by atoms with Crippen molar-refractivity contribution in [2.75, 3.05) is 13.1 Å². The highest BCUT2D eigenvalue weighted by atomic mass is 16.2. The van der Waals surface area contributed by atoms with Gasteiger partial charge in [-0.15, -0.1) is 0 Å². The highest BCUT2D eigenvalue weighted by Crippen LogP contribution is 2.48. The Morgan fingerprint density at radius 2 is 2.09 bits per heavy atom. The second-order valence-corrected chi connectivity index (χ2v) is 7.61. The summed E-state index contributed by atoms with van der Waals surface area (Å²) in [6.07, 6.45) is 5.42. The molecule has 2 aromatic rings. The second kappa shape index (κ2) is 4.94. The third-order valence-electron chi connectivity index (χ3n) is 6.47. The lowest BCUT2D eigenvalue weighted by Crippen LogP contribution is -2.46.